The molecule has 0 unspecified atom stereocenters. The summed E-state index contributed by atoms with van der Waals surface area (Å²) in [6.45, 7) is 0. The minimum atomic E-state index is -1.09. The van der Waals surface area contributed by atoms with Gasteiger partial charge < -0.3 is 4.74 Å². The Balaban J connectivity index is 1.79. The molecular formula is C23H11Br2N5O10. The quantitative estimate of drug-likeness (QED) is 0.146. The minimum absolute atomic E-state index is 0.0467. The maximum absolute atomic E-state index is 13.3. The zero-order valence-electron chi connectivity index (χ0n) is 19.4. The Bertz CT molecular complexity index is 1670. The first kappa shape index (κ1) is 28.0. The molecule has 40 heavy (non-hydrogen) atoms. The maximum atomic E-state index is 13.3. The van der Waals surface area contributed by atoms with Crippen molar-refractivity contribution in [1.29, 1.82) is 0 Å². The number of halogens is 2. The number of hydrogen-bond acceptors (Lipinski definition) is 10. The van der Waals surface area contributed by atoms with Gasteiger partial charge in [-0.1, -0.05) is 15.9 Å². The van der Waals surface area contributed by atoms with Crippen LogP contribution in [0.4, 0.5) is 27.5 Å². The predicted octanol–water partition coefficient (Wildman–Crippen LogP) is 5.39. The molecule has 0 aromatic heterocycles. The Morgan fingerprint density at radius 1 is 0.825 bits per heavy atom. The van der Waals surface area contributed by atoms with Crippen molar-refractivity contribution in [2.45, 2.75) is 0 Å². The highest BCUT2D eigenvalue weighted by Gasteiger charge is 2.37. The van der Waals surface area contributed by atoms with Crippen molar-refractivity contribution in [2.24, 2.45) is 0 Å². The van der Waals surface area contributed by atoms with Crippen molar-refractivity contribution in [3.05, 3.63) is 105 Å². The van der Waals surface area contributed by atoms with E-state index in [9.17, 15) is 44.7 Å². The molecule has 3 aromatic carbocycles. The van der Waals surface area contributed by atoms with Crippen molar-refractivity contribution in [1.82, 2.24) is 5.32 Å². The van der Waals surface area contributed by atoms with E-state index in [1.54, 1.807) is 0 Å². The number of barbiturate groups is 1. The third-order valence-corrected chi connectivity index (χ3v) is 6.37. The predicted molar refractivity (Wildman–Crippen MR) is 144 cm³/mol. The Kier molecular flexibility index (Phi) is 7.69. The molecule has 15 nitrogen and oxygen atoms in total. The van der Waals surface area contributed by atoms with Crippen LogP contribution in [0.2, 0.25) is 0 Å². The fourth-order valence-electron chi connectivity index (χ4n) is 3.52. The fourth-order valence-corrected chi connectivity index (χ4v) is 4.86. The molecule has 1 aliphatic heterocycles. The number of nitro groups is 3. The van der Waals surface area contributed by atoms with Gasteiger partial charge in [-0.05, 0) is 52.3 Å². The van der Waals surface area contributed by atoms with E-state index in [0.29, 0.717) is 15.4 Å². The van der Waals surface area contributed by atoms with Gasteiger partial charge in [-0.3, -0.25) is 45.2 Å². The molecule has 4 rings (SSSR count). The molecule has 4 amide bonds. The normalized spacial score (nSPS) is 14.2. The first-order valence-electron chi connectivity index (χ1n) is 10.6. The van der Waals surface area contributed by atoms with Gasteiger partial charge in [0.1, 0.15) is 11.3 Å². The third kappa shape index (κ3) is 5.54. The second kappa shape index (κ2) is 11.0. The largest absolute Gasteiger partial charge is 0.448 e. The van der Waals surface area contributed by atoms with Gasteiger partial charge in [0, 0.05) is 28.2 Å². The van der Waals surface area contributed by atoms with Crippen LogP contribution < -0.4 is 15.0 Å². The van der Waals surface area contributed by atoms with Crippen LogP contribution in [0.1, 0.15) is 5.56 Å². The monoisotopic (exact) mass is 675 g/mol. The number of imide groups is 2. The number of carbonyl (C=O) groups is 3. The van der Waals surface area contributed by atoms with Crippen LogP contribution in [0.25, 0.3) is 6.08 Å². The highest BCUT2D eigenvalue weighted by molar-refractivity contribution is 9.11. The molecular weight excluding hydrogens is 666 g/mol. The minimum Gasteiger partial charge on any atom is -0.448 e. The summed E-state index contributed by atoms with van der Waals surface area (Å²) in [7, 11) is 0. The summed E-state index contributed by atoms with van der Waals surface area (Å²) >= 11 is 6.52. The zero-order chi connectivity index (χ0) is 29.3. The smallest absolute Gasteiger partial charge is 0.335 e. The number of urea groups is 1. The van der Waals surface area contributed by atoms with E-state index in [0.717, 1.165) is 42.5 Å². The molecule has 0 spiro atoms. The van der Waals surface area contributed by atoms with E-state index in [1.165, 1.54) is 12.1 Å². The number of nitrogens with zero attached hydrogens (tertiary/aromatic N) is 4. The Morgan fingerprint density at radius 2 is 1.45 bits per heavy atom. The summed E-state index contributed by atoms with van der Waals surface area (Å²) in [4.78, 5) is 70.3. The van der Waals surface area contributed by atoms with Crippen molar-refractivity contribution in [3.8, 4) is 11.5 Å². The van der Waals surface area contributed by atoms with Crippen LogP contribution in [0.3, 0.4) is 0 Å². The number of nitro benzene ring substituents is 3. The lowest BCUT2D eigenvalue weighted by Gasteiger charge is -2.26. The standard InChI is InChI=1S/C23H11Br2N5O10/c24-12-7-11(20(17(25)9-12)40-19-6-5-15(29(36)37)10-18(19)30(38)39)8-16-21(31)26-23(33)27(22(16)32)13-1-3-14(4-2-13)28(34)35/h1-10H,(H,26,31,33)/b16-8+. The number of amides is 4. The Hall–Kier alpha value is -5.03. The van der Waals surface area contributed by atoms with Gasteiger partial charge in [-0.2, -0.15) is 0 Å². The highest BCUT2D eigenvalue weighted by atomic mass is 79.9. The van der Waals surface area contributed by atoms with E-state index >= 15 is 0 Å². The van der Waals surface area contributed by atoms with Gasteiger partial charge in [-0.15, -0.1) is 0 Å². The fraction of sp³-hybridized carbons (Fsp3) is 0. The molecule has 17 heteroatoms. The molecule has 0 bridgehead atoms. The van der Waals surface area contributed by atoms with Crippen LogP contribution in [-0.2, 0) is 9.59 Å². The number of hydrogen-bond donors (Lipinski definition) is 1. The average molecular weight is 677 g/mol. The summed E-state index contributed by atoms with van der Waals surface area (Å²) in [6, 6.07) is 9.02. The van der Waals surface area contributed by atoms with Crippen LogP contribution >= 0.6 is 31.9 Å². The van der Waals surface area contributed by atoms with Crippen LogP contribution in [0.15, 0.2) is 69.1 Å². The summed E-state index contributed by atoms with van der Waals surface area (Å²) in [5.41, 5.74) is -2.10. The van der Waals surface area contributed by atoms with E-state index in [4.69, 9.17) is 4.74 Å². The number of anilines is 1. The molecule has 1 N–H and O–H groups in total. The number of rotatable bonds is 7. The highest BCUT2D eigenvalue weighted by Crippen LogP contribution is 2.41. The molecule has 0 saturated carbocycles. The topological polar surface area (TPSA) is 205 Å². The van der Waals surface area contributed by atoms with Crippen LogP contribution in [0, 0.1) is 30.3 Å². The van der Waals surface area contributed by atoms with E-state index in [2.05, 4.69) is 31.9 Å². The van der Waals surface area contributed by atoms with E-state index < -0.39 is 49.6 Å². The van der Waals surface area contributed by atoms with Crippen molar-refractivity contribution in [3.63, 3.8) is 0 Å². The molecule has 1 saturated heterocycles. The van der Waals surface area contributed by atoms with Crippen molar-refractivity contribution < 1.29 is 33.9 Å². The number of benzene rings is 3. The van der Waals surface area contributed by atoms with E-state index in [1.807, 2.05) is 5.32 Å². The van der Waals surface area contributed by atoms with Crippen molar-refractivity contribution >= 4 is 78.5 Å². The van der Waals surface area contributed by atoms with Gasteiger partial charge in [0.2, 0.25) is 5.75 Å². The van der Waals surface area contributed by atoms with Gasteiger partial charge in [0.15, 0.2) is 0 Å². The van der Waals surface area contributed by atoms with Gasteiger partial charge >= 0.3 is 11.7 Å². The lowest BCUT2D eigenvalue weighted by molar-refractivity contribution is -0.394. The second-order valence-electron chi connectivity index (χ2n) is 7.81. The van der Waals surface area contributed by atoms with Crippen molar-refractivity contribution in [2.75, 3.05) is 4.90 Å². The first-order chi connectivity index (χ1) is 18.9. The Morgan fingerprint density at radius 3 is 2.05 bits per heavy atom. The summed E-state index contributed by atoms with van der Waals surface area (Å²) in [5.74, 6) is -2.60. The van der Waals surface area contributed by atoms with Gasteiger partial charge in [-0.25, -0.2) is 9.69 Å². The first-order valence-corrected chi connectivity index (χ1v) is 12.2. The van der Waals surface area contributed by atoms with E-state index in [-0.39, 0.29) is 32.9 Å². The molecule has 1 heterocycles. The maximum Gasteiger partial charge on any atom is 0.335 e. The lowest BCUT2D eigenvalue weighted by atomic mass is 10.1. The summed E-state index contributed by atoms with van der Waals surface area (Å²) in [5, 5.41) is 35.6. The van der Waals surface area contributed by atoms with Gasteiger partial charge in [0.25, 0.3) is 23.2 Å². The molecule has 0 radical (unpaired) electrons. The number of nitrogens with one attached hydrogen (secondary N) is 1. The molecule has 0 aliphatic carbocycles. The molecule has 1 fully saturated rings. The molecule has 202 valence electrons. The van der Waals surface area contributed by atoms with Crippen LogP contribution in [-0.4, -0.2) is 32.6 Å². The number of carbonyl (C=O) groups excluding carboxylic acids is 3. The lowest BCUT2D eigenvalue weighted by Crippen LogP contribution is -2.54. The summed E-state index contributed by atoms with van der Waals surface area (Å²) in [6.07, 6.45) is 1.07. The zero-order valence-corrected chi connectivity index (χ0v) is 22.6. The molecule has 1 aliphatic rings. The van der Waals surface area contributed by atoms with Gasteiger partial charge in [0.05, 0.1) is 31.0 Å². The average Bonchev–Trinajstić information content (AvgIpc) is 2.88. The van der Waals surface area contributed by atoms with Crippen LogP contribution in [0.5, 0.6) is 11.5 Å². The number of non-ortho nitro benzene ring substituents is 2. The second-order valence-corrected chi connectivity index (χ2v) is 9.58. The third-order valence-electron chi connectivity index (χ3n) is 5.32. The number of ether oxygens (including phenoxy) is 1. The molecule has 0 atom stereocenters. The molecule has 3 aromatic rings. The summed E-state index contributed by atoms with van der Waals surface area (Å²) < 4.78 is 6.39. The Labute approximate surface area is 238 Å². The SMILES string of the molecule is O=C1NC(=O)N(c2ccc([N+](=O)[O-])cc2)C(=O)/C1=C/c1cc(Br)cc(Br)c1Oc1ccc([N+](=O)[O-])cc1[N+](=O)[O-].